The average molecular weight is 248 g/mol. The molecular formula is C12H12N2O4. The van der Waals surface area contributed by atoms with E-state index in [0.29, 0.717) is 17.8 Å². The van der Waals surface area contributed by atoms with Crippen LogP contribution in [-0.4, -0.2) is 31.5 Å². The number of hydrogen-bond donors (Lipinski definition) is 2. The summed E-state index contributed by atoms with van der Waals surface area (Å²) in [6, 6.07) is 2.76. The molecule has 6 heteroatoms. The van der Waals surface area contributed by atoms with Crippen molar-refractivity contribution in [3.05, 3.63) is 35.4 Å². The van der Waals surface area contributed by atoms with E-state index in [1.54, 1.807) is 10.6 Å². The highest BCUT2D eigenvalue weighted by molar-refractivity contribution is 5.96. The fraction of sp³-hybridized carbons (Fsp3) is 0.250. The lowest BCUT2D eigenvalue weighted by Gasteiger charge is -2.00. The van der Waals surface area contributed by atoms with E-state index in [0.717, 1.165) is 6.42 Å². The van der Waals surface area contributed by atoms with Gasteiger partial charge in [0.25, 0.3) is 0 Å². The van der Waals surface area contributed by atoms with Crippen LogP contribution in [-0.2, 0) is 6.42 Å². The summed E-state index contributed by atoms with van der Waals surface area (Å²) < 4.78 is 1.62. The van der Waals surface area contributed by atoms with Gasteiger partial charge in [-0.2, -0.15) is 0 Å². The second kappa shape index (κ2) is 4.48. The van der Waals surface area contributed by atoms with Crippen LogP contribution in [0.2, 0.25) is 0 Å². The Morgan fingerprint density at radius 1 is 1.33 bits per heavy atom. The van der Waals surface area contributed by atoms with E-state index in [-0.39, 0.29) is 11.3 Å². The van der Waals surface area contributed by atoms with Gasteiger partial charge in [-0.1, -0.05) is 6.92 Å². The summed E-state index contributed by atoms with van der Waals surface area (Å²) in [5, 5.41) is 18.0. The van der Waals surface area contributed by atoms with E-state index in [9.17, 15) is 9.59 Å². The van der Waals surface area contributed by atoms with Crippen molar-refractivity contribution in [2.75, 3.05) is 0 Å². The highest BCUT2D eigenvalue weighted by atomic mass is 16.4. The normalized spacial score (nSPS) is 10.7. The van der Waals surface area contributed by atoms with E-state index in [1.165, 1.54) is 12.1 Å². The van der Waals surface area contributed by atoms with Gasteiger partial charge in [0.1, 0.15) is 5.82 Å². The molecule has 0 bridgehead atoms. The van der Waals surface area contributed by atoms with Crippen LogP contribution in [0.5, 0.6) is 0 Å². The molecular weight excluding hydrogens is 236 g/mol. The van der Waals surface area contributed by atoms with E-state index in [1.807, 2.05) is 6.92 Å². The van der Waals surface area contributed by atoms with Gasteiger partial charge in [-0.05, 0) is 18.6 Å². The molecule has 2 aromatic rings. The van der Waals surface area contributed by atoms with Gasteiger partial charge in [-0.15, -0.1) is 0 Å². The Balaban J connectivity index is 2.71. The zero-order chi connectivity index (χ0) is 13.3. The SMILES string of the molecule is CCCc1nc(C(=O)O)c2cc(C(=O)O)ccn12. The topological polar surface area (TPSA) is 91.9 Å². The molecule has 0 aliphatic rings. The highest BCUT2D eigenvalue weighted by Crippen LogP contribution is 2.16. The molecule has 0 amide bonds. The van der Waals surface area contributed by atoms with Crippen LogP contribution in [0.1, 0.15) is 40.0 Å². The fourth-order valence-corrected chi connectivity index (χ4v) is 1.84. The quantitative estimate of drug-likeness (QED) is 0.858. The summed E-state index contributed by atoms with van der Waals surface area (Å²) in [6.45, 7) is 1.97. The molecule has 2 heterocycles. The third-order valence-electron chi connectivity index (χ3n) is 2.64. The first-order chi connectivity index (χ1) is 8.54. The number of imidazole rings is 1. The number of nitrogens with zero attached hydrogens (tertiary/aromatic N) is 2. The van der Waals surface area contributed by atoms with Crippen LogP contribution < -0.4 is 0 Å². The van der Waals surface area contributed by atoms with Crippen molar-refractivity contribution in [2.24, 2.45) is 0 Å². The first kappa shape index (κ1) is 12.1. The lowest BCUT2D eigenvalue weighted by atomic mass is 10.2. The molecule has 2 N–H and O–H groups in total. The second-order valence-corrected chi connectivity index (χ2v) is 3.91. The van der Waals surface area contributed by atoms with Crippen LogP contribution >= 0.6 is 0 Å². The Morgan fingerprint density at radius 3 is 2.61 bits per heavy atom. The zero-order valence-electron chi connectivity index (χ0n) is 9.75. The maximum absolute atomic E-state index is 11.1. The van der Waals surface area contributed by atoms with Crippen molar-refractivity contribution in [1.82, 2.24) is 9.38 Å². The molecule has 94 valence electrons. The molecule has 0 atom stereocenters. The molecule has 0 fully saturated rings. The lowest BCUT2D eigenvalue weighted by Crippen LogP contribution is -2.01. The number of rotatable bonds is 4. The number of aromatic carboxylic acids is 2. The van der Waals surface area contributed by atoms with Gasteiger partial charge in [-0.3, -0.25) is 0 Å². The van der Waals surface area contributed by atoms with Crippen molar-refractivity contribution in [3.8, 4) is 0 Å². The van der Waals surface area contributed by atoms with Gasteiger partial charge in [-0.25, -0.2) is 14.6 Å². The Labute approximate surface area is 103 Å². The summed E-state index contributed by atoms with van der Waals surface area (Å²) in [7, 11) is 0. The Morgan fingerprint density at radius 2 is 2.06 bits per heavy atom. The molecule has 0 spiro atoms. The molecule has 6 nitrogen and oxygen atoms in total. The van der Waals surface area contributed by atoms with Crippen molar-refractivity contribution < 1.29 is 19.8 Å². The third-order valence-corrected chi connectivity index (χ3v) is 2.64. The molecule has 0 aliphatic carbocycles. The van der Waals surface area contributed by atoms with Gasteiger partial charge < -0.3 is 14.6 Å². The minimum atomic E-state index is -1.16. The summed E-state index contributed by atoms with van der Waals surface area (Å²) in [6.07, 6.45) is 3.02. The first-order valence-electron chi connectivity index (χ1n) is 5.52. The largest absolute Gasteiger partial charge is 0.478 e. The number of hydrogen-bond acceptors (Lipinski definition) is 3. The number of carboxylic acids is 2. The van der Waals surface area contributed by atoms with E-state index < -0.39 is 11.9 Å². The van der Waals surface area contributed by atoms with Crippen molar-refractivity contribution in [2.45, 2.75) is 19.8 Å². The van der Waals surface area contributed by atoms with E-state index in [2.05, 4.69) is 4.98 Å². The second-order valence-electron chi connectivity index (χ2n) is 3.91. The Bertz CT molecular complexity index is 630. The standard InChI is InChI=1S/C12H12N2O4/c1-2-3-9-13-10(12(17)18)8-6-7(11(15)16)4-5-14(8)9/h4-6H,2-3H2,1H3,(H,15,16)(H,17,18). The number of carboxylic acid groups (broad SMARTS) is 2. The van der Waals surface area contributed by atoms with Crippen molar-refractivity contribution in [1.29, 1.82) is 0 Å². The summed E-state index contributed by atoms with van der Waals surface area (Å²) in [5.41, 5.74) is 0.250. The van der Waals surface area contributed by atoms with E-state index >= 15 is 0 Å². The van der Waals surface area contributed by atoms with Gasteiger partial charge in [0.15, 0.2) is 5.69 Å². The van der Waals surface area contributed by atoms with Crippen LogP contribution in [0.25, 0.3) is 5.52 Å². The smallest absolute Gasteiger partial charge is 0.356 e. The third kappa shape index (κ3) is 1.92. The summed E-state index contributed by atoms with van der Waals surface area (Å²) in [4.78, 5) is 26.0. The molecule has 2 aromatic heterocycles. The average Bonchev–Trinajstić information content (AvgIpc) is 2.68. The minimum absolute atomic E-state index is 0.0490. The van der Waals surface area contributed by atoms with Crippen molar-refractivity contribution in [3.63, 3.8) is 0 Å². The number of carbonyl (C=O) groups is 2. The first-order valence-corrected chi connectivity index (χ1v) is 5.52. The predicted octanol–water partition coefficient (Wildman–Crippen LogP) is 1.68. The molecule has 0 aromatic carbocycles. The molecule has 0 unspecified atom stereocenters. The molecule has 2 rings (SSSR count). The molecule has 18 heavy (non-hydrogen) atoms. The monoisotopic (exact) mass is 248 g/mol. The molecule has 0 saturated heterocycles. The molecule has 0 saturated carbocycles. The summed E-state index contributed by atoms with van der Waals surface area (Å²) in [5.74, 6) is -1.62. The van der Waals surface area contributed by atoms with Gasteiger partial charge in [0, 0.05) is 12.6 Å². The van der Waals surface area contributed by atoms with Gasteiger partial charge >= 0.3 is 11.9 Å². The van der Waals surface area contributed by atoms with Gasteiger partial charge in [0.2, 0.25) is 0 Å². The van der Waals surface area contributed by atoms with Crippen LogP contribution in [0.4, 0.5) is 0 Å². The van der Waals surface area contributed by atoms with Crippen molar-refractivity contribution >= 4 is 17.5 Å². The van der Waals surface area contributed by atoms with Crippen LogP contribution in [0.15, 0.2) is 18.3 Å². The van der Waals surface area contributed by atoms with Crippen LogP contribution in [0, 0.1) is 0 Å². The lowest BCUT2D eigenvalue weighted by molar-refractivity contribution is 0.0682. The maximum Gasteiger partial charge on any atom is 0.356 e. The molecule has 0 radical (unpaired) electrons. The minimum Gasteiger partial charge on any atom is -0.478 e. The number of aryl methyl sites for hydroxylation is 1. The zero-order valence-corrected chi connectivity index (χ0v) is 9.75. The molecule has 0 aliphatic heterocycles. The maximum atomic E-state index is 11.1. The summed E-state index contributed by atoms with van der Waals surface area (Å²) >= 11 is 0. The Hall–Kier alpha value is -2.37. The highest BCUT2D eigenvalue weighted by Gasteiger charge is 2.17. The Kier molecular flexibility index (Phi) is 3.01. The van der Waals surface area contributed by atoms with Crippen LogP contribution in [0.3, 0.4) is 0 Å². The van der Waals surface area contributed by atoms with Gasteiger partial charge in [0.05, 0.1) is 11.1 Å². The predicted molar refractivity (Wildman–Crippen MR) is 63.1 cm³/mol. The van der Waals surface area contributed by atoms with E-state index in [4.69, 9.17) is 10.2 Å². The fourth-order valence-electron chi connectivity index (χ4n) is 1.84. The number of aromatic nitrogens is 2. The number of fused-ring (bicyclic) bond motifs is 1. The number of pyridine rings is 1.